The molecule has 0 saturated carbocycles. The Bertz CT molecular complexity index is 125. The monoisotopic (exact) mass is 162 g/mol. The molecule has 2 atom stereocenters. The number of hydrogen-bond donors (Lipinski definition) is 1. The van der Waals surface area contributed by atoms with Crippen LogP contribution in [0.15, 0.2) is 0 Å². The van der Waals surface area contributed by atoms with Gasteiger partial charge in [-0.15, -0.1) is 0 Å². The van der Waals surface area contributed by atoms with E-state index < -0.39 is 18.1 Å². The third-order valence-corrected chi connectivity index (χ3v) is 1.67. The fourth-order valence-corrected chi connectivity index (χ4v) is 0.746. The van der Waals surface area contributed by atoms with Crippen molar-refractivity contribution in [1.29, 1.82) is 0 Å². The lowest BCUT2D eigenvalue weighted by Gasteiger charge is -2.08. The molecule has 0 aromatic heterocycles. The molecule has 11 heavy (non-hydrogen) atoms. The van der Waals surface area contributed by atoms with Gasteiger partial charge in [-0.1, -0.05) is 6.92 Å². The molecule has 0 aliphatic carbocycles. The number of carbonyl (C=O) groups excluding carboxylic acids is 1. The Hall–Kier alpha value is -0.440. The van der Waals surface area contributed by atoms with Crippen LogP contribution in [0.4, 0.5) is 4.39 Å². The number of hydrogen-bond acceptors (Lipinski definition) is 2. The minimum absolute atomic E-state index is 0.143. The number of rotatable bonds is 5. The summed E-state index contributed by atoms with van der Waals surface area (Å²) < 4.78 is 12.6. The second-order valence-electron chi connectivity index (χ2n) is 2.72. The third kappa shape index (κ3) is 4.90. The summed E-state index contributed by atoms with van der Waals surface area (Å²) in [6.07, 6.45) is -0.726. The van der Waals surface area contributed by atoms with Crippen LogP contribution in [0, 0.1) is 0 Å². The quantitative estimate of drug-likeness (QED) is 0.664. The summed E-state index contributed by atoms with van der Waals surface area (Å²) in [5.74, 6) is -0.451. The van der Waals surface area contributed by atoms with E-state index in [0.717, 1.165) is 0 Å². The first-order valence-corrected chi connectivity index (χ1v) is 3.90. The van der Waals surface area contributed by atoms with Crippen LogP contribution in [-0.2, 0) is 4.79 Å². The fourth-order valence-electron chi connectivity index (χ4n) is 0.746. The molecular weight excluding hydrogens is 147 g/mol. The first kappa shape index (κ1) is 10.6. The number of alkyl halides is 1. The zero-order valence-corrected chi connectivity index (χ0v) is 7.01. The summed E-state index contributed by atoms with van der Waals surface area (Å²) >= 11 is 0. The minimum Gasteiger partial charge on any atom is -0.393 e. The van der Waals surface area contributed by atoms with E-state index in [1.165, 1.54) is 6.92 Å². The molecule has 3 heteroatoms. The van der Waals surface area contributed by atoms with Crippen molar-refractivity contribution in [3.63, 3.8) is 0 Å². The van der Waals surface area contributed by atoms with Crippen LogP contribution >= 0.6 is 0 Å². The van der Waals surface area contributed by atoms with Crippen molar-refractivity contribution in [2.24, 2.45) is 0 Å². The van der Waals surface area contributed by atoms with Gasteiger partial charge < -0.3 is 5.11 Å². The van der Waals surface area contributed by atoms with E-state index in [4.69, 9.17) is 5.11 Å². The van der Waals surface area contributed by atoms with Crippen molar-refractivity contribution in [2.75, 3.05) is 0 Å². The lowest BCUT2D eigenvalue weighted by Crippen LogP contribution is -2.15. The van der Waals surface area contributed by atoms with Crippen molar-refractivity contribution in [3.8, 4) is 0 Å². The van der Waals surface area contributed by atoms with Crippen LogP contribution in [0.5, 0.6) is 0 Å². The summed E-state index contributed by atoms with van der Waals surface area (Å²) in [5.41, 5.74) is 0. The van der Waals surface area contributed by atoms with Crippen molar-refractivity contribution >= 4 is 5.78 Å². The van der Waals surface area contributed by atoms with Gasteiger partial charge in [0.15, 0.2) is 12.0 Å². The number of aliphatic hydroxyl groups is 1. The molecule has 0 saturated heterocycles. The predicted octanol–water partition coefficient (Wildman–Crippen LogP) is 1.46. The van der Waals surface area contributed by atoms with Gasteiger partial charge in [-0.25, -0.2) is 4.39 Å². The Labute approximate surface area is 66.4 Å². The molecule has 0 amide bonds. The van der Waals surface area contributed by atoms with Gasteiger partial charge in [-0.3, -0.25) is 4.79 Å². The highest BCUT2D eigenvalue weighted by Gasteiger charge is 2.13. The summed E-state index contributed by atoms with van der Waals surface area (Å²) in [4.78, 5) is 10.4. The third-order valence-electron chi connectivity index (χ3n) is 1.67. The molecule has 0 aliphatic rings. The van der Waals surface area contributed by atoms with Crippen LogP contribution in [0.2, 0.25) is 0 Å². The molecule has 0 aliphatic heterocycles. The lowest BCUT2D eigenvalue weighted by atomic mass is 10.1. The molecule has 0 radical (unpaired) electrons. The number of halogens is 1. The highest BCUT2D eigenvalue weighted by atomic mass is 19.1. The maximum atomic E-state index is 12.6. The molecular formula is C8H15FO2. The Morgan fingerprint density at radius 1 is 1.55 bits per heavy atom. The normalized spacial score (nSPS) is 16.0. The van der Waals surface area contributed by atoms with Gasteiger partial charge in [0.25, 0.3) is 0 Å². The van der Waals surface area contributed by atoms with Gasteiger partial charge in [0.1, 0.15) is 0 Å². The number of carbonyl (C=O) groups is 1. The van der Waals surface area contributed by atoms with E-state index in [1.54, 1.807) is 0 Å². The Morgan fingerprint density at radius 3 is 2.45 bits per heavy atom. The number of Topliss-reactive ketones (excluding diaryl/α,β-unsaturated/α-hetero) is 1. The van der Waals surface area contributed by atoms with Gasteiger partial charge in [0.05, 0.1) is 6.10 Å². The van der Waals surface area contributed by atoms with Gasteiger partial charge in [-0.2, -0.15) is 0 Å². The largest absolute Gasteiger partial charge is 0.393 e. The molecule has 0 rings (SSSR count). The maximum absolute atomic E-state index is 12.6. The minimum atomic E-state index is -1.39. The zero-order valence-electron chi connectivity index (χ0n) is 7.01. The topological polar surface area (TPSA) is 37.3 Å². The van der Waals surface area contributed by atoms with E-state index in [2.05, 4.69) is 0 Å². The first-order valence-electron chi connectivity index (χ1n) is 3.90. The summed E-state index contributed by atoms with van der Waals surface area (Å²) in [7, 11) is 0. The number of ketones is 1. The van der Waals surface area contributed by atoms with Crippen LogP contribution in [-0.4, -0.2) is 23.2 Å². The second-order valence-corrected chi connectivity index (χ2v) is 2.72. The molecule has 0 aromatic rings. The molecule has 2 nitrogen and oxygen atoms in total. The van der Waals surface area contributed by atoms with Gasteiger partial charge >= 0.3 is 0 Å². The zero-order chi connectivity index (χ0) is 8.85. The number of aliphatic hydroxyl groups excluding tert-OH is 1. The highest BCUT2D eigenvalue weighted by Crippen LogP contribution is 2.07. The molecule has 0 bridgehead atoms. The van der Waals surface area contributed by atoms with Crippen molar-refractivity contribution in [2.45, 2.75) is 45.4 Å². The first-order chi connectivity index (χ1) is 5.07. The van der Waals surface area contributed by atoms with E-state index in [1.807, 2.05) is 6.92 Å². The summed E-state index contributed by atoms with van der Waals surface area (Å²) in [6.45, 7) is 3.05. The van der Waals surface area contributed by atoms with Crippen LogP contribution < -0.4 is 0 Å². The predicted molar refractivity (Wildman–Crippen MR) is 41.1 cm³/mol. The van der Waals surface area contributed by atoms with E-state index in [0.29, 0.717) is 12.8 Å². The molecule has 2 unspecified atom stereocenters. The fraction of sp³-hybridized carbons (Fsp3) is 0.875. The molecule has 0 heterocycles. The molecule has 0 spiro atoms. The second kappa shape index (κ2) is 5.24. The van der Waals surface area contributed by atoms with Gasteiger partial charge in [0.2, 0.25) is 0 Å². The SMILES string of the molecule is CCC(O)CCC(F)C(C)=O. The van der Waals surface area contributed by atoms with E-state index in [-0.39, 0.29) is 6.42 Å². The smallest absolute Gasteiger partial charge is 0.163 e. The van der Waals surface area contributed by atoms with Crippen LogP contribution in [0.1, 0.15) is 33.1 Å². The van der Waals surface area contributed by atoms with Crippen molar-refractivity contribution in [3.05, 3.63) is 0 Å². The standard InChI is InChI=1S/C8H15FO2/c1-3-7(11)4-5-8(9)6(2)10/h7-8,11H,3-5H2,1-2H3. The summed E-state index contributed by atoms with van der Waals surface area (Å²) in [6, 6.07) is 0. The van der Waals surface area contributed by atoms with Gasteiger partial charge in [0, 0.05) is 0 Å². The van der Waals surface area contributed by atoms with Crippen molar-refractivity contribution < 1.29 is 14.3 Å². The van der Waals surface area contributed by atoms with E-state index in [9.17, 15) is 9.18 Å². The molecule has 1 N–H and O–H groups in total. The van der Waals surface area contributed by atoms with Crippen molar-refractivity contribution in [1.82, 2.24) is 0 Å². The Kier molecular flexibility index (Phi) is 5.03. The van der Waals surface area contributed by atoms with Crippen LogP contribution in [0.25, 0.3) is 0 Å². The van der Waals surface area contributed by atoms with Crippen LogP contribution in [0.3, 0.4) is 0 Å². The van der Waals surface area contributed by atoms with E-state index >= 15 is 0 Å². The molecule has 0 fully saturated rings. The average molecular weight is 162 g/mol. The summed E-state index contributed by atoms with van der Waals surface area (Å²) in [5, 5.41) is 9.01. The van der Waals surface area contributed by atoms with Gasteiger partial charge in [-0.05, 0) is 26.2 Å². The molecule has 0 aromatic carbocycles. The highest BCUT2D eigenvalue weighted by molar-refractivity contribution is 5.80. The lowest BCUT2D eigenvalue weighted by molar-refractivity contribution is -0.122. The maximum Gasteiger partial charge on any atom is 0.163 e. The molecule has 66 valence electrons. The average Bonchev–Trinajstić information content (AvgIpc) is 1.99. The Balaban J connectivity index is 3.45. The Morgan fingerprint density at radius 2 is 2.09 bits per heavy atom.